The van der Waals surface area contributed by atoms with E-state index in [-0.39, 0.29) is 17.6 Å². The van der Waals surface area contributed by atoms with Crippen LogP contribution in [0.3, 0.4) is 0 Å². The van der Waals surface area contributed by atoms with E-state index in [1.54, 1.807) is 0 Å². The number of amides is 1. The van der Waals surface area contributed by atoms with Crippen LogP contribution in [0.25, 0.3) is 5.69 Å². The Kier molecular flexibility index (Phi) is 6.72. The molecule has 150 valence electrons. The molecule has 28 heavy (non-hydrogen) atoms. The first-order valence-corrected chi connectivity index (χ1v) is 10.5. The fourth-order valence-electron chi connectivity index (χ4n) is 2.92. The van der Waals surface area contributed by atoms with Crippen LogP contribution in [-0.4, -0.2) is 45.5 Å². The molecular weight excluding hydrogens is 376 g/mol. The summed E-state index contributed by atoms with van der Waals surface area (Å²) < 4.78 is 6.66. The summed E-state index contributed by atoms with van der Waals surface area (Å²) in [6, 6.07) is 9.26. The second-order valence-corrected chi connectivity index (χ2v) is 8.28. The van der Waals surface area contributed by atoms with Gasteiger partial charge < -0.3 is 10.1 Å². The number of hydrogen-bond donors (Lipinski definition) is 1. The highest BCUT2D eigenvalue weighted by molar-refractivity contribution is 7.99. The number of nitrogens with zero attached hydrogens (tertiary/aromatic N) is 3. The van der Waals surface area contributed by atoms with Crippen molar-refractivity contribution in [2.45, 2.75) is 50.2 Å². The van der Waals surface area contributed by atoms with Gasteiger partial charge in [-0.15, -0.1) is 5.10 Å². The monoisotopic (exact) mass is 402 g/mol. The third-order valence-corrected chi connectivity index (χ3v) is 5.25. The van der Waals surface area contributed by atoms with Crippen LogP contribution in [-0.2, 0) is 14.3 Å². The van der Waals surface area contributed by atoms with Gasteiger partial charge in [0.05, 0.1) is 18.6 Å². The van der Waals surface area contributed by atoms with Crippen LogP contribution in [0.4, 0.5) is 0 Å². The maximum atomic E-state index is 12.3. The van der Waals surface area contributed by atoms with Crippen LogP contribution in [0.5, 0.6) is 0 Å². The molecule has 0 unspecified atom stereocenters. The lowest BCUT2D eigenvalue weighted by atomic mass is 10.0. The minimum atomic E-state index is -0.630. The van der Waals surface area contributed by atoms with Crippen molar-refractivity contribution in [3.8, 4) is 5.69 Å². The van der Waals surface area contributed by atoms with Gasteiger partial charge in [-0.2, -0.15) is 0 Å². The Morgan fingerprint density at radius 3 is 2.61 bits per heavy atom. The molecule has 8 heteroatoms. The van der Waals surface area contributed by atoms with E-state index in [0.29, 0.717) is 17.5 Å². The fourth-order valence-corrected chi connectivity index (χ4v) is 3.57. The molecule has 2 aromatic rings. The van der Waals surface area contributed by atoms with E-state index in [1.807, 2.05) is 48.9 Å². The molecule has 0 bridgehead atoms. The van der Waals surface area contributed by atoms with Crippen molar-refractivity contribution in [1.82, 2.24) is 20.1 Å². The van der Waals surface area contributed by atoms with E-state index >= 15 is 0 Å². The molecule has 7 nitrogen and oxygen atoms in total. The molecule has 1 aromatic carbocycles. The highest BCUT2D eigenvalue weighted by Crippen LogP contribution is 2.40. The number of methoxy groups -OCH3 is 1. The highest BCUT2D eigenvalue weighted by Gasteiger charge is 2.30. The molecular formula is C20H26N4O3S. The second kappa shape index (κ2) is 9.23. The fraction of sp³-hybridized carbons (Fsp3) is 0.500. The Morgan fingerprint density at radius 1 is 1.29 bits per heavy atom. The zero-order valence-electron chi connectivity index (χ0n) is 16.4. The molecule has 3 rings (SSSR count). The van der Waals surface area contributed by atoms with Crippen molar-refractivity contribution >= 4 is 23.6 Å². The first-order chi connectivity index (χ1) is 13.5. The summed E-state index contributed by atoms with van der Waals surface area (Å²) in [5.74, 6) is 1.14. The van der Waals surface area contributed by atoms with E-state index in [9.17, 15) is 9.59 Å². The summed E-state index contributed by atoms with van der Waals surface area (Å²) in [6.45, 7) is 3.99. The molecule has 1 heterocycles. The third kappa shape index (κ3) is 5.34. The topological polar surface area (TPSA) is 86.1 Å². The normalized spacial score (nSPS) is 14.7. The molecule has 1 aliphatic carbocycles. The van der Waals surface area contributed by atoms with Crippen molar-refractivity contribution < 1.29 is 14.3 Å². The Morgan fingerprint density at radius 2 is 2.00 bits per heavy atom. The van der Waals surface area contributed by atoms with Crippen molar-refractivity contribution in [3.63, 3.8) is 0 Å². The molecule has 1 atom stereocenters. The SMILES string of the molecule is COC(=O)[C@H](CC(C)C)NC(=O)CSc1nc(C2CC2)n(-c2ccccc2)n1. The maximum Gasteiger partial charge on any atom is 0.328 e. The minimum Gasteiger partial charge on any atom is -0.467 e. The van der Waals surface area contributed by atoms with E-state index in [4.69, 9.17) is 4.74 Å². The van der Waals surface area contributed by atoms with Gasteiger partial charge in [-0.05, 0) is 37.3 Å². The first-order valence-electron chi connectivity index (χ1n) is 9.50. The van der Waals surface area contributed by atoms with Crippen molar-refractivity contribution in [2.24, 2.45) is 5.92 Å². The van der Waals surface area contributed by atoms with Crippen LogP contribution in [0.2, 0.25) is 0 Å². The van der Waals surface area contributed by atoms with Gasteiger partial charge in [0.15, 0.2) is 0 Å². The smallest absolute Gasteiger partial charge is 0.328 e. The Balaban J connectivity index is 1.64. The molecule has 1 saturated carbocycles. The standard InChI is InChI=1S/C20H26N4O3S/c1-13(2)11-16(19(26)27-3)21-17(25)12-28-20-22-18(14-9-10-14)24(23-20)15-7-5-4-6-8-15/h4-8,13-14,16H,9-12H2,1-3H3,(H,21,25)/t16-/m0/s1. The highest BCUT2D eigenvalue weighted by atomic mass is 32.2. The molecule has 0 aliphatic heterocycles. The molecule has 0 spiro atoms. The lowest BCUT2D eigenvalue weighted by Gasteiger charge is -2.17. The lowest BCUT2D eigenvalue weighted by Crippen LogP contribution is -2.43. The zero-order chi connectivity index (χ0) is 20.1. The summed E-state index contributed by atoms with van der Waals surface area (Å²) in [5, 5.41) is 7.92. The number of ether oxygens (including phenoxy) is 1. The van der Waals surface area contributed by atoms with Crippen molar-refractivity contribution in [3.05, 3.63) is 36.2 Å². The van der Waals surface area contributed by atoms with Gasteiger partial charge in [-0.3, -0.25) is 4.79 Å². The number of para-hydroxylation sites is 1. The summed E-state index contributed by atoms with van der Waals surface area (Å²) in [7, 11) is 1.33. The number of esters is 1. The van der Waals surface area contributed by atoms with E-state index in [2.05, 4.69) is 15.4 Å². The summed E-state index contributed by atoms with van der Waals surface area (Å²) in [4.78, 5) is 28.8. The van der Waals surface area contributed by atoms with E-state index < -0.39 is 12.0 Å². The number of rotatable bonds is 9. The van der Waals surface area contributed by atoms with Crippen LogP contribution < -0.4 is 5.32 Å². The molecule has 0 saturated heterocycles. The van der Waals surface area contributed by atoms with Gasteiger partial charge in [0.1, 0.15) is 11.9 Å². The second-order valence-electron chi connectivity index (χ2n) is 7.34. The largest absolute Gasteiger partial charge is 0.467 e. The number of carbonyl (C=O) groups excluding carboxylic acids is 2. The van der Waals surface area contributed by atoms with Crippen LogP contribution in [0.1, 0.15) is 44.9 Å². The minimum absolute atomic E-state index is 0.147. The van der Waals surface area contributed by atoms with Gasteiger partial charge in [0.25, 0.3) is 0 Å². The molecule has 1 N–H and O–H groups in total. The van der Waals surface area contributed by atoms with Gasteiger partial charge in [0.2, 0.25) is 11.1 Å². The van der Waals surface area contributed by atoms with Crippen molar-refractivity contribution in [2.75, 3.05) is 12.9 Å². The zero-order valence-corrected chi connectivity index (χ0v) is 17.2. The van der Waals surface area contributed by atoms with E-state index in [0.717, 1.165) is 24.4 Å². The molecule has 1 amide bonds. The van der Waals surface area contributed by atoms with Gasteiger partial charge >= 0.3 is 5.97 Å². The third-order valence-electron chi connectivity index (χ3n) is 4.42. The van der Waals surface area contributed by atoms with Gasteiger partial charge in [-0.1, -0.05) is 43.8 Å². The first kappa shape index (κ1) is 20.4. The molecule has 1 fully saturated rings. The predicted octanol–water partition coefficient (Wildman–Crippen LogP) is 2.94. The van der Waals surface area contributed by atoms with E-state index in [1.165, 1.54) is 18.9 Å². The number of hydrogen-bond acceptors (Lipinski definition) is 6. The lowest BCUT2D eigenvalue weighted by molar-refractivity contribution is -0.145. The summed E-state index contributed by atoms with van der Waals surface area (Å²) in [5.41, 5.74) is 0.968. The Bertz CT molecular complexity index is 818. The van der Waals surface area contributed by atoms with Crippen LogP contribution >= 0.6 is 11.8 Å². The summed E-state index contributed by atoms with van der Waals surface area (Å²) in [6.07, 6.45) is 2.77. The number of aromatic nitrogens is 3. The molecule has 1 aliphatic rings. The molecule has 0 radical (unpaired) electrons. The van der Waals surface area contributed by atoms with Crippen LogP contribution in [0, 0.1) is 5.92 Å². The maximum absolute atomic E-state index is 12.3. The Labute approximate surface area is 169 Å². The average Bonchev–Trinajstić information content (AvgIpc) is 3.45. The number of thioether (sulfide) groups is 1. The summed E-state index contributed by atoms with van der Waals surface area (Å²) >= 11 is 1.28. The predicted molar refractivity (Wildman–Crippen MR) is 107 cm³/mol. The quantitative estimate of drug-likeness (QED) is 0.513. The number of carbonyl (C=O) groups is 2. The molecule has 1 aromatic heterocycles. The average molecular weight is 403 g/mol. The van der Waals surface area contributed by atoms with Gasteiger partial charge in [-0.25, -0.2) is 14.5 Å². The van der Waals surface area contributed by atoms with Crippen LogP contribution in [0.15, 0.2) is 35.5 Å². The number of benzene rings is 1. The Hall–Kier alpha value is -2.35. The van der Waals surface area contributed by atoms with Gasteiger partial charge in [0, 0.05) is 5.92 Å². The number of nitrogens with one attached hydrogen (secondary N) is 1. The van der Waals surface area contributed by atoms with Crippen molar-refractivity contribution in [1.29, 1.82) is 0 Å².